The molecule has 1 saturated heterocycles. The number of aliphatic carboxylic acids is 1. The SMILES string of the molecule is CCC(C)(CNC(=O)N1CCCCC1)C(=O)O. The van der Waals surface area contributed by atoms with Gasteiger partial charge in [-0.2, -0.15) is 0 Å². The Morgan fingerprint density at radius 3 is 2.35 bits per heavy atom. The van der Waals surface area contributed by atoms with Crippen molar-refractivity contribution >= 4 is 12.0 Å². The van der Waals surface area contributed by atoms with E-state index in [1.807, 2.05) is 6.92 Å². The van der Waals surface area contributed by atoms with Gasteiger partial charge in [0.2, 0.25) is 0 Å². The summed E-state index contributed by atoms with van der Waals surface area (Å²) in [6.07, 6.45) is 3.75. The van der Waals surface area contributed by atoms with Crippen LogP contribution in [0, 0.1) is 5.41 Å². The fourth-order valence-electron chi connectivity index (χ4n) is 1.83. The lowest BCUT2D eigenvalue weighted by molar-refractivity contribution is -0.147. The molecule has 1 heterocycles. The van der Waals surface area contributed by atoms with Crippen molar-refractivity contribution in [2.45, 2.75) is 39.5 Å². The largest absolute Gasteiger partial charge is 0.481 e. The van der Waals surface area contributed by atoms with Crippen LogP contribution in [0.5, 0.6) is 0 Å². The van der Waals surface area contributed by atoms with Crippen molar-refractivity contribution < 1.29 is 14.7 Å². The predicted octanol–water partition coefficient (Wildman–Crippen LogP) is 1.68. The number of carbonyl (C=O) groups is 2. The molecule has 0 saturated carbocycles. The van der Waals surface area contributed by atoms with Crippen LogP contribution in [-0.2, 0) is 4.79 Å². The summed E-state index contributed by atoms with van der Waals surface area (Å²) >= 11 is 0. The number of nitrogens with zero attached hydrogens (tertiary/aromatic N) is 1. The van der Waals surface area contributed by atoms with E-state index in [1.54, 1.807) is 11.8 Å². The monoisotopic (exact) mass is 242 g/mol. The zero-order valence-corrected chi connectivity index (χ0v) is 10.7. The molecule has 1 fully saturated rings. The first-order valence-electron chi connectivity index (χ1n) is 6.26. The second-order valence-electron chi connectivity index (χ2n) is 4.93. The number of amides is 2. The number of carboxylic acids is 1. The van der Waals surface area contributed by atoms with Gasteiger partial charge < -0.3 is 15.3 Å². The van der Waals surface area contributed by atoms with Crippen LogP contribution < -0.4 is 5.32 Å². The molecule has 0 aromatic heterocycles. The van der Waals surface area contributed by atoms with E-state index in [0.717, 1.165) is 25.9 Å². The average Bonchev–Trinajstić information content (AvgIpc) is 2.36. The molecular formula is C12H22N2O3. The molecule has 98 valence electrons. The first kappa shape index (κ1) is 13.8. The fraction of sp³-hybridized carbons (Fsp3) is 0.833. The molecular weight excluding hydrogens is 220 g/mol. The van der Waals surface area contributed by atoms with E-state index in [2.05, 4.69) is 5.32 Å². The second kappa shape index (κ2) is 5.89. The van der Waals surface area contributed by atoms with E-state index >= 15 is 0 Å². The fourth-order valence-corrected chi connectivity index (χ4v) is 1.83. The van der Waals surface area contributed by atoms with E-state index in [9.17, 15) is 9.59 Å². The van der Waals surface area contributed by atoms with Crippen LogP contribution in [0.25, 0.3) is 0 Å². The first-order chi connectivity index (χ1) is 7.99. The van der Waals surface area contributed by atoms with Crippen LogP contribution in [-0.4, -0.2) is 41.6 Å². The van der Waals surface area contributed by atoms with Gasteiger partial charge in [0.05, 0.1) is 5.41 Å². The van der Waals surface area contributed by atoms with Crippen molar-refractivity contribution in [3.05, 3.63) is 0 Å². The summed E-state index contributed by atoms with van der Waals surface area (Å²) < 4.78 is 0. The summed E-state index contributed by atoms with van der Waals surface area (Å²) in [4.78, 5) is 24.6. The van der Waals surface area contributed by atoms with Gasteiger partial charge in [0.15, 0.2) is 0 Å². The zero-order chi connectivity index (χ0) is 12.9. The number of carboxylic acid groups (broad SMARTS) is 1. The van der Waals surface area contributed by atoms with Crippen LogP contribution in [0.1, 0.15) is 39.5 Å². The number of hydrogen-bond donors (Lipinski definition) is 2. The molecule has 0 spiro atoms. The van der Waals surface area contributed by atoms with Gasteiger partial charge in [-0.1, -0.05) is 6.92 Å². The molecule has 1 aliphatic rings. The number of likely N-dealkylation sites (tertiary alicyclic amines) is 1. The van der Waals surface area contributed by atoms with Crippen molar-refractivity contribution in [1.29, 1.82) is 0 Å². The van der Waals surface area contributed by atoms with Crippen LogP contribution >= 0.6 is 0 Å². The Bertz CT molecular complexity index is 287. The van der Waals surface area contributed by atoms with Gasteiger partial charge in [-0.3, -0.25) is 4.79 Å². The molecule has 1 unspecified atom stereocenters. The summed E-state index contributed by atoms with van der Waals surface area (Å²) in [5.74, 6) is -0.862. The predicted molar refractivity (Wildman–Crippen MR) is 64.9 cm³/mol. The topological polar surface area (TPSA) is 69.6 Å². The molecule has 1 atom stereocenters. The van der Waals surface area contributed by atoms with Gasteiger partial charge in [0.1, 0.15) is 0 Å². The van der Waals surface area contributed by atoms with Gasteiger partial charge in [-0.25, -0.2) is 4.79 Å². The third-order valence-electron chi connectivity index (χ3n) is 3.57. The van der Waals surface area contributed by atoms with E-state index in [-0.39, 0.29) is 12.6 Å². The number of carbonyl (C=O) groups excluding carboxylic acids is 1. The lowest BCUT2D eigenvalue weighted by atomic mass is 9.88. The molecule has 0 radical (unpaired) electrons. The van der Waals surface area contributed by atoms with Gasteiger partial charge in [-0.15, -0.1) is 0 Å². The maximum absolute atomic E-state index is 11.8. The molecule has 2 N–H and O–H groups in total. The number of urea groups is 1. The highest BCUT2D eigenvalue weighted by molar-refractivity contribution is 5.77. The Morgan fingerprint density at radius 2 is 1.88 bits per heavy atom. The van der Waals surface area contributed by atoms with E-state index < -0.39 is 11.4 Å². The van der Waals surface area contributed by atoms with Gasteiger partial charge in [-0.05, 0) is 32.6 Å². The Kier molecular flexibility index (Phi) is 4.78. The zero-order valence-electron chi connectivity index (χ0n) is 10.7. The molecule has 0 aromatic rings. The van der Waals surface area contributed by atoms with Crippen molar-refractivity contribution in [2.24, 2.45) is 5.41 Å². The molecule has 1 rings (SSSR count). The Balaban J connectivity index is 2.43. The van der Waals surface area contributed by atoms with E-state index in [0.29, 0.717) is 6.42 Å². The quantitative estimate of drug-likeness (QED) is 0.788. The van der Waals surface area contributed by atoms with Gasteiger partial charge >= 0.3 is 12.0 Å². The van der Waals surface area contributed by atoms with Gasteiger partial charge in [0, 0.05) is 19.6 Å². The minimum Gasteiger partial charge on any atom is -0.481 e. The van der Waals surface area contributed by atoms with Gasteiger partial charge in [0.25, 0.3) is 0 Å². The number of rotatable bonds is 4. The third kappa shape index (κ3) is 3.61. The minimum atomic E-state index is -0.870. The lowest BCUT2D eigenvalue weighted by Gasteiger charge is -2.29. The minimum absolute atomic E-state index is 0.134. The number of piperidine rings is 1. The van der Waals surface area contributed by atoms with Crippen molar-refractivity contribution in [3.8, 4) is 0 Å². The van der Waals surface area contributed by atoms with Crippen molar-refractivity contribution in [2.75, 3.05) is 19.6 Å². The summed E-state index contributed by atoms with van der Waals surface area (Å²) in [5, 5.41) is 11.8. The molecule has 0 bridgehead atoms. The van der Waals surface area contributed by atoms with Crippen LogP contribution in [0.2, 0.25) is 0 Å². The second-order valence-corrected chi connectivity index (χ2v) is 4.93. The summed E-state index contributed by atoms with van der Waals surface area (Å²) in [6.45, 7) is 5.23. The van der Waals surface area contributed by atoms with Crippen LogP contribution in [0.3, 0.4) is 0 Å². The van der Waals surface area contributed by atoms with E-state index in [1.165, 1.54) is 6.42 Å². The molecule has 0 aliphatic carbocycles. The average molecular weight is 242 g/mol. The smallest absolute Gasteiger partial charge is 0.317 e. The summed E-state index contributed by atoms with van der Waals surface area (Å²) in [6, 6.07) is -0.134. The van der Waals surface area contributed by atoms with Crippen LogP contribution in [0.4, 0.5) is 4.79 Å². The lowest BCUT2D eigenvalue weighted by Crippen LogP contribution is -2.47. The highest BCUT2D eigenvalue weighted by atomic mass is 16.4. The first-order valence-corrected chi connectivity index (χ1v) is 6.26. The van der Waals surface area contributed by atoms with Crippen LogP contribution in [0.15, 0.2) is 0 Å². The normalized spacial score (nSPS) is 19.5. The highest BCUT2D eigenvalue weighted by Crippen LogP contribution is 2.20. The number of nitrogens with one attached hydrogen (secondary N) is 1. The standard InChI is InChI=1S/C12H22N2O3/c1-3-12(2,10(15)16)9-13-11(17)14-7-5-4-6-8-14/h3-9H2,1-2H3,(H,13,17)(H,15,16). The molecule has 1 aliphatic heterocycles. The summed E-state index contributed by atoms with van der Waals surface area (Å²) in [7, 11) is 0. The molecule has 17 heavy (non-hydrogen) atoms. The molecule has 2 amide bonds. The molecule has 0 aromatic carbocycles. The maximum atomic E-state index is 11.8. The Hall–Kier alpha value is -1.26. The Morgan fingerprint density at radius 1 is 1.29 bits per heavy atom. The van der Waals surface area contributed by atoms with Crippen molar-refractivity contribution in [1.82, 2.24) is 10.2 Å². The maximum Gasteiger partial charge on any atom is 0.317 e. The molecule has 5 heteroatoms. The van der Waals surface area contributed by atoms with Crippen molar-refractivity contribution in [3.63, 3.8) is 0 Å². The van der Waals surface area contributed by atoms with E-state index in [4.69, 9.17) is 5.11 Å². The summed E-state index contributed by atoms with van der Waals surface area (Å²) in [5.41, 5.74) is -0.870. The third-order valence-corrected chi connectivity index (χ3v) is 3.57. The number of hydrogen-bond acceptors (Lipinski definition) is 2. The highest BCUT2D eigenvalue weighted by Gasteiger charge is 2.32. The molecule has 5 nitrogen and oxygen atoms in total. The Labute approximate surface area is 102 Å².